The van der Waals surface area contributed by atoms with Crippen molar-refractivity contribution < 1.29 is 4.74 Å². The van der Waals surface area contributed by atoms with E-state index < -0.39 is 0 Å². The van der Waals surface area contributed by atoms with Gasteiger partial charge in [-0.3, -0.25) is 0 Å². The molecule has 2 atom stereocenters. The zero-order chi connectivity index (χ0) is 13.1. The quantitative estimate of drug-likeness (QED) is 0.912. The molecule has 1 aliphatic rings. The molecule has 2 N–H and O–H groups in total. The number of hydrogen-bond donors (Lipinski definition) is 1. The Labute approximate surface area is 117 Å². The SMILES string of the molecule is CC1CN(c2ccc([C@H](C)N)cc2Br)CCCO1. The van der Waals surface area contributed by atoms with Gasteiger partial charge < -0.3 is 15.4 Å². The van der Waals surface area contributed by atoms with E-state index in [1.54, 1.807) is 0 Å². The van der Waals surface area contributed by atoms with Crippen LogP contribution in [-0.2, 0) is 4.74 Å². The molecule has 2 rings (SSSR count). The Morgan fingerprint density at radius 2 is 2.28 bits per heavy atom. The van der Waals surface area contributed by atoms with Gasteiger partial charge in [-0.1, -0.05) is 6.07 Å². The molecule has 100 valence electrons. The van der Waals surface area contributed by atoms with Crippen molar-refractivity contribution in [3.63, 3.8) is 0 Å². The fourth-order valence-corrected chi connectivity index (χ4v) is 2.92. The summed E-state index contributed by atoms with van der Waals surface area (Å²) < 4.78 is 6.80. The highest BCUT2D eigenvalue weighted by Gasteiger charge is 2.17. The van der Waals surface area contributed by atoms with Crippen molar-refractivity contribution in [2.24, 2.45) is 5.73 Å². The van der Waals surface area contributed by atoms with Gasteiger partial charge in [-0.05, 0) is 53.9 Å². The molecule has 0 aromatic heterocycles. The van der Waals surface area contributed by atoms with Crippen LogP contribution in [0.2, 0.25) is 0 Å². The molecular formula is C14H21BrN2O. The third kappa shape index (κ3) is 3.25. The maximum Gasteiger partial charge on any atom is 0.0721 e. The van der Waals surface area contributed by atoms with E-state index in [0.717, 1.165) is 36.2 Å². The van der Waals surface area contributed by atoms with Crippen LogP contribution in [0.1, 0.15) is 31.9 Å². The maximum absolute atomic E-state index is 5.90. The molecule has 1 saturated heterocycles. The first-order chi connectivity index (χ1) is 8.58. The largest absolute Gasteiger partial charge is 0.377 e. The smallest absolute Gasteiger partial charge is 0.0721 e. The van der Waals surface area contributed by atoms with E-state index in [1.165, 1.54) is 5.69 Å². The minimum atomic E-state index is 0.0711. The summed E-state index contributed by atoms with van der Waals surface area (Å²) in [6.45, 7) is 6.97. The molecule has 1 aromatic carbocycles. The zero-order valence-corrected chi connectivity index (χ0v) is 12.6. The number of anilines is 1. The van der Waals surface area contributed by atoms with Gasteiger partial charge in [-0.2, -0.15) is 0 Å². The topological polar surface area (TPSA) is 38.5 Å². The van der Waals surface area contributed by atoms with Gasteiger partial charge in [0.25, 0.3) is 0 Å². The van der Waals surface area contributed by atoms with Crippen molar-refractivity contribution in [2.45, 2.75) is 32.4 Å². The third-order valence-corrected chi connectivity index (χ3v) is 3.93. The number of ether oxygens (including phenoxy) is 1. The summed E-state index contributed by atoms with van der Waals surface area (Å²) in [4.78, 5) is 2.38. The van der Waals surface area contributed by atoms with Crippen LogP contribution >= 0.6 is 15.9 Å². The second kappa shape index (κ2) is 6.04. The van der Waals surface area contributed by atoms with Gasteiger partial charge in [-0.25, -0.2) is 0 Å². The fraction of sp³-hybridized carbons (Fsp3) is 0.571. The lowest BCUT2D eigenvalue weighted by Gasteiger charge is -2.26. The van der Waals surface area contributed by atoms with E-state index in [1.807, 2.05) is 6.92 Å². The molecule has 1 fully saturated rings. The van der Waals surface area contributed by atoms with E-state index in [0.29, 0.717) is 0 Å². The Hall–Kier alpha value is -0.580. The number of nitrogens with two attached hydrogens (primary N) is 1. The summed E-state index contributed by atoms with van der Waals surface area (Å²) >= 11 is 3.66. The molecule has 0 amide bonds. The van der Waals surface area contributed by atoms with Crippen molar-refractivity contribution in [3.05, 3.63) is 28.2 Å². The Morgan fingerprint density at radius 3 is 2.94 bits per heavy atom. The molecule has 0 bridgehead atoms. The lowest BCUT2D eigenvalue weighted by molar-refractivity contribution is 0.0821. The van der Waals surface area contributed by atoms with Crippen molar-refractivity contribution in [1.29, 1.82) is 0 Å². The van der Waals surface area contributed by atoms with Crippen molar-refractivity contribution in [1.82, 2.24) is 0 Å². The normalized spacial score (nSPS) is 22.7. The monoisotopic (exact) mass is 312 g/mol. The summed E-state index contributed by atoms with van der Waals surface area (Å²) in [5, 5.41) is 0. The molecule has 4 heteroatoms. The van der Waals surface area contributed by atoms with Crippen molar-refractivity contribution in [2.75, 3.05) is 24.6 Å². The van der Waals surface area contributed by atoms with Crippen molar-refractivity contribution >= 4 is 21.6 Å². The first-order valence-electron chi connectivity index (χ1n) is 6.49. The molecule has 1 aromatic rings. The van der Waals surface area contributed by atoms with E-state index in [4.69, 9.17) is 10.5 Å². The van der Waals surface area contributed by atoms with Gasteiger partial charge in [0.1, 0.15) is 0 Å². The summed E-state index contributed by atoms with van der Waals surface area (Å²) in [5.74, 6) is 0. The minimum absolute atomic E-state index is 0.0711. The molecule has 0 spiro atoms. The average Bonchev–Trinajstić information content (AvgIpc) is 2.53. The molecule has 1 heterocycles. The average molecular weight is 313 g/mol. The lowest BCUT2D eigenvalue weighted by atomic mass is 10.1. The van der Waals surface area contributed by atoms with E-state index in [-0.39, 0.29) is 12.1 Å². The van der Waals surface area contributed by atoms with Crippen LogP contribution in [0, 0.1) is 0 Å². The molecule has 3 nitrogen and oxygen atoms in total. The summed E-state index contributed by atoms with van der Waals surface area (Å²) in [7, 11) is 0. The highest BCUT2D eigenvalue weighted by atomic mass is 79.9. The van der Waals surface area contributed by atoms with Crippen LogP contribution < -0.4 is 10.6 Å². The van der Waals surface area contributed by atoms with Crippen LogP contribution in [-0.4, -0.2) is 25.8 Å². The third-order valence-electron chi connectivity index (χ3n) is 3.29. The Kier molecular flexibility index (Phi) is 4.65. The lowest BCUT2D eigenvalue weighted by Crippen LogP contribution is -2.30. The fourth-order valence-electron chi connectivity index (χ4n) is 2.28. The highest BCUT2D eigenvalue weighted by molar-refractivity contribution is 9.10. The molecular weight excluding hydrogens is 292 g/mol. The van der Waals surface area contributed by atoms with Crippen LogP contribution in [0.3, 0.4) is 0 Å². The molecule has 1 unspecified atom stereocenters. The van der Waals surface area contributed by atoms with Crippen LogP contribution in [0.4, 0.5) is 5.69 Å². The number of nitrogens with zero attached hydrogens (tertiary/aromatic N) is 1. The predicted octanol–water partition coefficient (Wildman–Crippen LogP) is 3.08. The predicted molar refractivity (Wildman–Crippen MR) is 79.0 cm³/mol. The number of hydrogen-bond acceptors (Lipinski definition) is 3. The van der Waals surface area contributed by atoms with Crippen LogP contribution in [0.15, 0.2) is 22.7 Å². The number of rotatable bonds is 2. The van der Waals surface area contributed by atoms with Gasteiger partial charge in [-0.15, -0.1) is 0 Å². The summed E-state index contributed by atoms with van der Waals surface area (Å²) in [5.41, 5.74) is 8.29. The molecule has 0 saturated carbocycles. The van der Waals surface area contributed by atoms with Gasteiger partial charge in [0.2, 0.25) is 0 Å². The number of benzene rings is 1. The minimum Gasteiger partial charge on any atom is -0.377 e. The van der Waals surface area contributed by atoms with Crippen molar-refractivity contribution in [3.8, 4) is 0 Å². The molecule has 0 radical (unpaired) electrons. The standard InChI is InChI=1S/C14H21BrN2O/c1-10-9-17(6-3-7-18-10)14-5-4-12(11(2)16)8-13(14)15/h4-5,8,10-11H,3,6-7,9,16H2,1-2H3/t10?,11-/m0/s1. The summed E-state index contributed by atoms with van der Waals surface area (Å²) in [6.07, 6.45) is 1.36. The van der Waals surface area contributed by atoms with Gasteiger partial charge >= 0.3 is 0 Å². The van der Waals surface area contributed by atoms with Crippen LogP contribution in [0.5, 0.6) is 0 Å². The zero-order valence-electron chi connectivity index (χ0n) is 11.0. The van der Waals surface area contributed by atoms with E-state index in [2.05, 4.69) is 46.0 Å². The second-order valence-corrected chi connectivity index (χ2v) is 5.83. The molecule has 0 aliphatic carbocycles. The Bertz CT molecular complexity index is 409. The van der Waals surface area contributed by atoms with Gasteiger partial charge in [0.15, 0.2) is 0 Å². The Morgan fingerprint density at radius 1 is 1.50 bits per heavy atom. The highest BCUT2D eigenvalue weighted by Crippen LogP contribution is 2.30. The van der Waals surface area contributed by atoms with Gasteiger partial charge in [0, 0.05) is 30.2 Å². The first-order valence-corrected chi connectivity index (χ1v) is 7.29. The maximum atomic E-state index is 5.90. The van der Waals surface area contributed by atoms with E-state index in [9.17, 15) is 0 Å². The second-order valence-electron chi connectivity index (χ2n) is 4.98. The summed E-state index contributed by atoms with van der Waals surface area (Å²) in [6, 6.07) is 6.46. The first kappa shape index (κ1) is 13.8. The molecule has 18 heavy (non-hydrogen) atoms. The number of halogens is 1. The molecule has 1 aliphatic heterocycles. The van der Waals surface area contributed by atoms with Gasteiger partial charge in [0.05, 0.1) is 11.8 Å². The van der Waals surface area contributed by atoms with E-state index >= 15 is 0 Å². The van der Waals surface area contributed by atoms with Crippen LogP contribution in [0.25, 0.3) is 0 Å². The Balaban J connectivity index is 2.21.